The average Bonchev–Trinajstić information content (AvgIpc) is 2.27. The van der Waals surface area contributed by atoms with Gasteiger partial charge in [0.2, 0.25) is 0 Å². The van der Waals surface area contributed by atoms with Crippen LogP contribution >= 0.6 is 11.6 Å². The van der Waals surface area contributed by atoms with Crippen molar-refractivity contribution in [2.45, 2.75) is 25.9 Å². The molecular weight excluding hydrogens is 240 g/mol. The van der Waals surface area contributed by atoms with Crippen molar-refractivity contribution >= 4 is 23.3 Å². The molecule has 0 bridgehead atoms. The Morgan fingerprint density at radius 3 is 2.82 bits per heavy atom. The first kappa shape index (κ1) is 13.8. The van der Waals surface area contributed by atoms with Crippen molar-refractivity contribution in [2.24, 2.45) is 0 Å². The van der Waals surface area contributed by atoms with E-state index in [-0.39, 0.29) is 12.6 Å². The van der Waals surface area contributed by atoms with Gasteiger partial charge in [-0.25, -0.2) is 4.79 Å². The monoisotopic (exact) mass is 256 g/mol. The minimum absolute atomic E-state index is 0.204. The highest BCUT2D eigenvalue weighted by atomic mass is 35.5. The maximum atomic E-state index is 11.5. The van der Waals surface area contributed by atoms with E-state index in [0.29, 0.717) is 17.1 Å². The van der Waals surface area contributed by atoms with Gasteiger partial charge >= 0.3 is 6.03 Å². The summed E-state index contributed by atoms with van der Waals surface area (Å²) in [6, 6.07) is 6.51. The molecule has 0 radical (unpaired) electrons. The lowest BCUT2D eigenvalue weighted by atomic mass is 10.0. The third-order valence-corrected chi connectivity index (χ3v) is 2.71. The van der Waals surface area contributed by atoms with Crippen molar-refractivity contribution in [3.8, 4) is 0 Å². The Labute approximate surface area is 106 Å². The van der Waals surface area contributed by atoms with Crippen LogP contribution in [0.15, 0.2) is 24.3 Å². The van der Waals surface area contributed by atoms with E-state index in [0.717, 1.165) is 0 Å². The van der Waals surface area contributed by atoms with Gasteiger partial charge in [-0.3, -0.25) is 0 Å². The maximum Gasteiger partial charge on any atom is 0.319 e. The predicted molar refractivity (Wildman–Crippen MR) is 69.4 cm³/mol. The van der Waals surface area contributed by atoms with Gasteiger partial charge in [0.1, 0.15) is 0 Å². The van der Waals surface area contributed by atoms with E-state index in [1.165, 1.54) is 0 Å². The lowest BCUT2D eigenvalue weighted by molar-refractivity contribution is 0.0587. The van der Waals surface area contributed by atoms with Gasteiger partial charge in [-0.2, -0.15) is 0 Å². The van der Waals surface area contributed by atoms with Gasteiger partial charge in [-0.05, 0) is 31.5 Å². The average molecular weight is 257 g/mol. The van der Waals surface area contributed by atoms with Crippen LogP contribution in [0.2, 0.25) is 5.02 Å². The summed E-state index contributed by atoms with van der Waals surface area (Å²) in [5.74, 6) is 0. The Morgan fingerprint density at radius 1 is 1.53 bits per heavy atom. The predicted octanol–water partition coefficient (Wildman–Crippen LogP) is 2.62. The third kappa shape index (κ3) is 5.06. The number of hydrogen-bond donors (Lipinski definition) is 3. The molecule has 94 valence electrons. The number of amides is 2. The molecule has 0 spiro atoms. The maximum absolute atomic E-state index is 11.5. The van der Waals surface area contributed by atoms with Crippen LogP contribution in [0.3, 0.4) is 0 Å². The third-order valence-electron chi connectivity index (χ3n) is 2.47. The van der Waals surface area contributed by atoms with Crippen LogP contribution in [0.4, 0.5) is 10.5 Å². The molecule has 2 amide bonds. The highest BCUT2D eigenvalue weighted by molar-refractivity contribution is 6.30. The molecule has 1 unspecified atom stereocenters. The molecule has 1 aromatic rings. The van der Waals surface area contributed by atoms with Crippen LogP contribution in [0.25, 0.3) is 0 Å². The minimum atomic E-state index is -0.883. The first-order valence-electron chi connectivity index (χ1n) is 5.46. The number of carbonyl (C=O) groups is 1. The Morgan fingerprint density at radius 2 is 2.24 bits per heavy atom. The molecule has 1 rings (SSSR count). The summed E-state index contributed by atoms with van der Waals surface area (Å²) < 4.78 is 0. The zero-order valence-corrected chi connectivity index (χ0v) is 10.7. The first-order valence-corrected chi connectivity index (χ1v) is 5.83. The van der Waals surface area contributed by atoms with E-state index in [4.69, 9.17) is 11.6 Å². The molecule has 0 fully saturated rings. The van der Waals surface area contributed by atoms with Crippen LogP contribution in [0.5, 0.6) is 0 Å². The Balaban J connectivity index is 2.45. The van der Waals surface area contributed by atoms with Crippen molar-refractivity contribution in [1.29, 1.82) is 0 Å². The molecule has 1 atom stereocenters. The fraction of sp³-hybridized carbons (Fsp3) is 0.417. The number of carbonyl (C=O) groups excluding carboxylic acids is 1. The molecule has 0 aromatic heterocycles. The van der Waals surface area contributed by atoms with Crippen LogP contribution in [0.1, 0.15) is 20.3 Å². The molecule has 0 saturated heterocycles. The van der Waals surface area contributed by atoms with Crippen LogP contribution in [0, 0.1) is 0 Å². The molecule has 0 aliphatic rings. The fourth-order valence-electron chi connectivity index (χ4n) is 1.14. The van der Waals surface area contributed by atoms with E-state index in [1.54, 1.807) is 31.2 Å². The normalized spacial score (nSPS) is 13.9. The highest BCUT2D eigenvalue weighted by Gasteiger charge is 2.18. The highest BCUT2D eigenvalue weighted by Crippen LogP contribution is 2.14. The molecule has 0 aliphatic heterocycles. The van der Waals surface area contributed by atoms with Crippen molar-refractivity contribution in [3.05, 3.63) is 29.3 Å². The van der Waals surface area contributed by atoms with Gasteiger partial charge in [-0.15, -0.1) is 0 Å². The second-order valence-corrected chi connectivity index (χ2v) is 4.60. The summed E-state index contributed by atoms with van der Waals surface area (Å²) in [5, 5.41) is 15.5. The number of rotatable bonds is 4. The number of urea groups is 1. The Bertz CT molecular complexity index is 394. The summed E-state index contributed by atoms with van der Waals surface area (Å²) >= 11 is 5.79. The van der Waals surface area contributed by atoms with Crippen molar-refractivity contribution < 1.29 is 9.90 Å². The summed E-state index contributed by atoms with van der Waals surface area (Å²) in [7, 11) is 0. The minimum Gasteiger partial charge on any atom is -0.388 e. The van der Waals surface area contributed by atoms with Crippen LogP contribution in [-0.4, -0.2) is 23.3 Å². The number of halogens is 1. The van der Waals surface area contributed by atoms with Gasteiger partial charge in [0.05, 0.1) is 5.60 Å². The molecule has 3 N–H and O–H groups in total. The molecule has 0 aliphatic carbocycles. The zero-order valence-electron chi connectivity index (χ0n) is 9.96. The molecule has 0 heterocycles. The summed E-state index contributed by atoms with van der Waals surface area (Å²) in [5.41, 5.74) is -0.266. The zero-order chi connectivity index (χ0) is 12.9. The van der Waals surface area contributed by atoms with E-state index in [1.807, 2.05) is 6.92 Å². The molecule has 17 heavy (non-hydrogen) atoms. The van der Waals surface area contributed by atoms with E-state index in [2.05, 4.69) is 10.6 Å². The van der Waals surface area contributed by atoms with Crippen molar-refractivity contribution in [1.82, 2.24) is 5.32 Å². The standard InChI is InChI=1S/C12H17ClN2O2/c1-3-12(2,17)8-14-11(16)15-10-6-4-5-9(13)7-10/h4-7,17H,3,8H2,1-2H3,(H2,14,15,16). The van der Waals surface area contributed by atoms with Gasteiger partial charge in [0, 0.05) is 17.3 Å². The number of anilines is 1. The van der Waals surface area contributed by atoms with Gasteiger partial charge in [0.25, 0.3) is 0 Å². The van der Waals surface area contributed by atoms with Crippen LogP contribution < -0.4 is 10.6 Å². The van der Waals surface area contributed by atoms with Gasteiger partial charge in [0.15, 0.2) is 0 Å². The number of nitrogens with one attached hydrogen (secondary N) is 2. The van der Waals surface area contributed by atoms with E-state index in [9.17, 15) is 9.90 Å². The summed E-state index contributed by atoms with van der Waals surface area (Å²) in [6.07, 6.45) is 0.574. The van der Waals surface area contributed by atoms with Crippen LogP contribution in [-0.2, 0) is 0 Å². The molecule has 5 heteroatoms. The quantitative estimate of drug-likeness (QED) is 0.776. The number of hydrogen-bond acceptors (Lipinski definition) is 2. The van der Waals surface area contributed by atoms with Gasteiger partial charge < -0.3 is 15.7 Å². The molecule has 4 nitrogen and oxygen atoms in total. The second kappa shape index (κ2) is 5.89. The topological polar surface area (TPSA) is 61.4 Å². The smallest absolute Gasteiger partial charge is 0.319 e. The molecule has 0 saturated carbocycles. The first-order chi connectivity index (χ1) is 7.93. The fourth-order valence-corrected chi connectivity index (χ4v) is 1.33. The van der Waals surface area contributed by atoms with E-state index >= 15 is 0 Å². The second-order valence-electron chi connectivity index (χ2n) is 4.17. The lowest BCUT2D eigenvalue weighted by Gasteiger charge is -2.21. The number of benzene rings is 1. The van der Waals surface area contributed by atoms with Crippen molar-refractivity contribution in [2.75, 3.05) is 11.9 Å². The van der Waals surface area contributed by atoms with Gasteiger partial charge in [-0.1, -0.05) is 24.6 Å². The van der Waals surface area contributed by atoms with Crippen molar-refractivity contribution in [3.63, 3.8) is 0 Å². The summed E-state index contributed by atoms with van der Waals surface area (Å²) in [4.78, 5) is 11.5. The SMILES string of the molecule is CCC(C)(O)CNC(=O)Nc1cccc(Cl)c1. The Hall–Kier alpha value is -1.26. The number of aliphatic hydroxyl groups is 1. The molecular formula is C12H17ClN2O2. The lowest BCUT2D eigenvalue weighted by Crippen LogP contribution is -2.41. The molecule has 1 aromatic carbocycles. The van der Waals surface area contributed by atoms with E-state index < -0.39 is 5.60 Å². The summed E-state index contributed by atoms with van der Waals surface area (Å²) in [6.45, 7) is 3.74. The Kier molecular flexibility index (Phi) is 4.78. The largest absolute Gasteiger partial charge is 0.388 e.